The summed E-state index contributed by atoms with van der Waals surface area (Å²) in [6.07, 6.45) is 0.860. The van der Waals surface area contributed by atoms with Gasteiger partial charge < -0.3 is 5.32 Å². The molecule has 1 fully saturated rings. The van der Waals surface area contributed by atoms with Gasteiger partial charge in [-0.05, 0) is 32.9 Å². The Labute approximate surface area is 94.3 Å². The van der Waals surface area contributed by atoms with Gasteiger partial charge in [-0.3, -0.25) is 10.1 Å². The van der Waals surface area contributed by atoms with Crippen molar-refractivity contribution in [3.05, 3.63) is 0 Å². The molecule has 0 aromatic rings. The van der Waals surface area contributed by atoms with Crippen LogP contribution in [0.15, 0.2) is 4.99 Å². The largest absolute Gasteiger partial charge is 0.351 e. The van der Waals surface area contributed by atoms with Crippen LogP contribution in [0.4, 0.5) is 0 Å². The summed E-state index contributed by atoms with van der Waals surface area (Å²) in [7, 11) is 0. The molecule has 1 unspecified atom stereocenters. The molecule has 0 aliphatic carbocycles. The molecule has 1 atom stereocenters. The lowest BCUT2D eigenvalue weighted by molar-refractivity contribution is -0.122. The molecule has 2 heterocycles. The van der Waals surface area contributed by atoms with E-state index in [0.29, 0.717) is 5.96 Å². The quantitative estimate of drug-likeness (QED) is 0.641. The lowest BCUT2D eigenvalue weighted by atomic mass is 10.0. The third-order valence-corrected chi connectivity index (χ3v) is 3.65. The minimum absolute atomic E-state index is 0.0549. The monoisotopic (exact) mass is 227 g/mol. The first-order chi connectivity index (χ1) is 6.91. The number of amides is 1. The van der Waals surface area contributed by atoms with Crippen LogP contribution in [0, 0.1) is 0 Å². The van der Waals surface area contributed by atoms with Gasteiger partial charge in [0.05, 0.1) is 0 Å². The van der Waals surface area contributed by atoms with Gasteiger partial charge in [-0.15, -0.1) is 0 Å². The van der Waals surface area contributed by atoms with Crippen LogP contribution >= 0.6 is 11.8 Å². The van der Waals surface area contributed by atoms with Crippen LogP contribution in [-0.4, -0.2) is 34.5 Å². The molecule has 0 radical (unpaired) electrons. The maximum Gasteiger partial charge on any atom is 0.255 e. The van der Waals surface area contributed by atoms with Crippen LogP contribution in [0.5, 0.6) is 0 Å². The normalized spacial score (nSPS) is 30.6. The lowest BCUT2D eigenvalue weighted by Crippen LogP contribution is -2.47. The van der Waals surface area contributed by atoms with Crippen molar-refractivity contribution in [3.8, 4) is 0 Å². The van der Waals surface area contributed by atoms with Gasteiger partial charge in [0.2, 0.25) is 0 Å². The van der Waals surface area contributed by atoms with Gasteiger partial charge in [0, 0.05) is 11.3 Å². The van der Waals surface area contributed by atoms with Gasteiger partial charge in [0.25, 0.3) is 5.91 Å². The highest BCUT2D eigenvalue weighted by Gasteiger charge is 2.46. The number of carbonyl (C=O) groups is 1. The third kappa shape index (κ3) is 2.12. The highest BCUT2D eigenvalue weighted by atomic mass is 32.2. The number of aliphatic imine (C=N–C) groups is 1. The summed E-state index contributed by atoms with van der Waals surface area (Å²) in [5.74, 6) is 2.53. The predicted octanol–water partition coefficient (Wildman–Crippen LogP) is 0.736. The molecule has 0 bridgehead atoms. The van der Waals surface area contributed by atoms with Crippen LogP contribution in [0.25, 0.3) is 0 Å². The van der Waals surface area contributed by atoms with Gasteiger partial charge in [-0.1, -0.05) is 0 Å². The Morgan fingerprint density at radius 3 is 2.80 bits per heavy atom. The summed E-state index contributed by atoms with van der Waals surface area (Å²) in [5, 5.41) is 6.04. The minimum atomic E-state index is -0.474. The van der Waals surface area contributed by atoms with E-state index in [1.807, 2.05) is 0 Å². The molecule has 4 nitrogen and oxygen atoms in total. The average molecular weight is 227 g/mol. The van der Waals surface area contributed by atoms with Gasteiger partial charge in [-0.2, -0.15) is 11.8 Å². The smallest absolute Gasteiger partial charge is 0.255 e. The number of nitrogens with zero attached hydrogens (tertiary/aromatic N) is 1. The number of thioether (sulfide) groups is 1. The molecule has 1 amide bonds. The van der Waals surface area contributed by atoms with E-state index in [0.717, 1.165) is 17.9 Å². The molecule has 5 heteroatoms. The number of carbonyl (C=O) groups excluding carboxylic acids is 1. The zero-order valence-electron chi connectivity index (χ0n) is 9.39. The van der Waals surface area contributed by atoms with Gasteiger partial charge in [0.15, 0.2) is 11.5 Å². The topological polar surface area (TPSA) is 53.5 Å². The summed E-state index contributed by atoms with van der Waals surface area (Å²) in [6, 6.07) is 0. The predicted molar refractivity (Wildman–Crippen MR) is 63.1 cm³/mol. The molecular weight excluding hydrogens is 210 g/mol. The van der Waals surface area contributed by atoms with Crippen molar-refractivity contribution in [1.29, 1.82) is 0 Å². The number of hydrogen-bond acceptors (Lipinski definition) is 4. The van der Waals surface area contributed by atoms with E-state index in [9.17, 15) is 4.79 Å². The molecule has 1 saturated heterocycles. The molecule has 84 valence electrons. The van der Waals surface area contributed by atoms with E-state index in [1.54, 1.807) is 11.8 Å². The number of nitrogens with one attached hydrogen (secondary N) is 2. The summed E-state index contributed by atoms with van der Waals surface area (Å²) in [5.41, 5.74) is -0.540. The lowest BCUT2D eigenvalue weighted by Gasteiger charge is -2.21. The van der Waals surface area contributed by atoms with E-state index in [-0.39, 0.29) is 11.4 Å². The maximum atomic E-state index is 11.8. The molecule has 1 spiro atoms. The van der Waals surface area contributed by atoms with Crippen molar-refractivity contribution in [1.82, 2.24) is 10.6 Å². The second kappa shape index (κ2) is 3.40. The summed E-state index contributed by atoms with van der Waals surface area (Å²) >= 11 is 1.80. The van der Waals surface area contributed by atoms with Crippen LogP contribution in [0.2, 0.25) is 0 Å². The van der Waals surface area contributed by atoms with Gasteiger partial charge >= 0.3 is 0 Å². The summed E-state index contributed by atoms with van der Waals surface area (Å²) < 4.78 is 0. The zero-order valence-corrected chi connectivity index (χ0v) is 10.2. The van der Waals surface area contributed by atoms with Crippen molar-refractivity contribution >= 4 is 23.6 Å². The Kier molecular flexibility index (Phi) is 2.45. The van der Waals surface area contributed by atoms with Crippen molar-refractivity contribution in [2.45, 2.75) is 38.3 Å². The Hall–Kier alpha value is -0.710. The van der Waals surface area contributed by atoms with Crippen LogP contribution in [0.3, 0.4) is 0 Å². The Morgan fingerprint density at radius 2 is 2.27 bits per heavy atom. The molecular formula is C10H17N3OS. The van der Waals surface area contributed by atoms with E-state index < -0.39 is 5.54 Å². The first kappa shape index (κ1) is 10.8. The van der Waals surface area contributed by atoms with E-state index in [1.165, 1.54) is 0 Å². The van der Waals surface area contributed by atoms with Crippen molar-refractivity contribution < 1.29 is 4.79 Å². The number of rotatable bonds is 0. The minimum Gasteiger partial charge on any atom is -0.351 e. The second-order valence-corrected chi connectivity index (χ2v) is 6.23. The molecule has 2 aliphatic heterocycles. The Bertz CT molecular complexity index is 313. The SMILES string of the molecule is CC(C)(C)NC1=NC2(CCSC2)C(=O)N1. The van der Waals surface area contributed by atoms with E-state index >= 15 is 0 Å². The van der Waals surface area contributed by atoms with Gasteiger partial charge in [0.1, 0.15) is 0 Å². The summed E-state index contributed by atoms with van der Waals surface area (Å²) in [6.45, 7) is 6.15. The van der Waals surface area contributed by atoms with Crippen LogP contribution < -0.4 is 10.6 Å². The fourth-order valence-electron chi connectivity index (χ4n) is 1.75. The fourth-order valence-corrected chi connectivity index (χ4v) is 3.06. The standard InChI is InChI=1S/C10H17N3OS/c1-9(2,3)12-8-11-7(14)10(13-8)4-5-15-6-10/h4-6H2,1-3H3,(H2,11,12,13,14). The first-order valence-corrected chi connectivity index (χ1v) is 6.34. The second-order valence-electron chi connectivity index (χ2n) is 5.12. The number of guanidine groups is 1. The van der Waals surface area contributed by atoms with Crippen molar-refractivity contribution in [2.24, 2.45) is 4.99 Å². The van der Waals surface area contributed by atoms with Crippen molar-refractivity contribution in [2.75, 3.05) is 11.5 Å². The van der Waals surface area contributed by atoms with Crippen LogP contribution in [-0.2, 0) is 4.79 Å². The first-order valence-electron chi connectivity index (χ1n) is 5.19. The molecule has 2 N–H and O–H groups in total. The van der Waals surface area contributed by atoms with E-state index in [4.69, 9.17) is 0 Å². The average Bonchev–Trinajstić information content (AvgIpc) is 2.60. The van der Waals surface area contributed by atoms with Crippen LogP contribution in [0.1, 0.15) is 27.2 Å². The molecule has 0 aromatic carbocycles. The zero-order chi connectivity index (χ0) is 11.1. The molecule has 0 saturated carbocycles. The molecule has 2 aliphatic rings. The molecule has 2 rings (SSSR count). The Morgan fingerprint density at radius 1 is 1.53 bits per heavy atom. The summed E-state index contributed by atoms with van der Waals surface area (Å²) in [4.78, 5) is 16.3. The highest BCUT2D eigenvalue weighted by molar-refractivity contribution is 7.99. The molecule has 15 heavy (non-hydrogen) atoms. The third-order valence-electron chi connectivity index (χ3n) is 2.47. The number of hydrogen-bond donors (Lipinski definition) is 2. The van der Waals surface area contributed by atoms with E-state index in [2.05, 4.69) is 36.4 Å². The fraction of sp³-hybridized carbons (Fsp3) is 0.800. The maximum absolute atomic E-state index is 11.8. The van der Waals surface area contributed by atoms with Gasteiger partial charge in [-0.25, -0.2) is 4.99 Å². The Balaban J connectivity index is 2.13. The highest BCUT2D eigenvalue weighted by Crippen LogP contribution is 2.33. The molecule has 0 aromatic heterocycles. The van der Waals surface area contributed by atoms with Crippen molar-refractivity contribution in [3.63, 3.8) is 0 Å².